The lowest BCUT2D eigenvalue weighted by atomic mass is 10.2. The van der Waals surface area contributed by atoms with Crippen LogP contribution in [0, 0.1) is 6.92 Å². The average Bonchev–Trinajstić information content (AvgIpc) is 2.30. The second kappa shape index (κ2) is 5.69. The normalized spacial score (nSPS) is 10.3. The van der Waals surface area contributed by atoms with Crippen molar-refractivity contribution in [2.45, 2.75) is 6.92 Å². The largest absolute Gasteiger partial charge is 0.290 e. The van der Waals surface area contributed by atoms with Gasteiger partial charge in [0.15, 0.2) is 0 Å². The molecule has 0 aliphatic heterocycles. The molecule has 0 fully saturated rings. The highest BCUT2D eigenvalue weighted by molar-refractivity contribution is 6.35. The molecule has 19 heavy (non-hydrogen) atoms. The van der Waals surface area contributed by atoms with Crippen LogP contribution in [0.4, 0.5) is 5.95 Å². The fraction of sp³-hybridized carbons (Fsp3) is 0.0909. The third-order valence-corrected chi connectivity index (χ3v) is 2.82. The van der Waals surface area contributed by atoms with Crippen molar-refractivity contribution < 1.29 is 4.79 Å². The number of carbonyl (C=O) groups is 1. The molecule has 1 N–H and O–H groups in total. The van der Waals surface area contributed by atoms with Crippen LogP contribution in [0.3, 0.4) is 0 Å². The van der Waals surface area contributed by atoms with E-state index >= 15 is 0 Å². The first-order valence-corrected chi connectivity index (χ1v) is 6.22. The molecular formula is C11H7Cl3N4O. The maximum absolute atomic E-state index is 12.0. The van der Waals surface area contributed by atoms with Crippen LogP contribution in [0.25, 0.3) is 0 Å². The Bertz CT molecular complexity index is 628. The van der Waals surface area contributed by atoms with Crippen molar-refractivity contribution in [3.63, 3.8) is 0 Å². The van der Waals surface area contributed by atoms with Crippen molar-refractivity contribution in [3.05, 3.63) is 44.9 Å². The summed E-state index contributed by atoms with van der Waals surface area (Å²) in [5.74, 6) is -0.394. The molecule has 0 radical (unpaired) electrons. The Morgan fingerprint density at radius 3 is 2.58 bits per heavy atom. The fourth-order valence-corrected chi connectivity index (χ4v) is 1.93. The van der Waals surface area contributed by atoms with Crippen LogP contribution in [-0.4, -0.2) is 20.9 Å². The van der Waals surface area contributed by atoms with Crippen molar-refractivity contribution in [1.29, 1.82) is 0 Å². The molecule has 0 atom stereocenters. The van der Waals surface area contributed by atoms with Crippen LogP contribution in [-0.2, 0) is 0 Å². The minimum absolute atomic E-state index is 0.0963. The quantitative estimate of drug-likeness (QED) is 0.681. The molecule has 1 amide bonds. The van der Waals surface area contributed by atoms with Crippen molar-refractivity contribution in [2.75, 3.05) is 5.32 Å². The van der Waals surface area contributed by atoms with Crippen LogP contribution >= 0.6 is 34.8 Å². The number of pyridine rings is 1. The summed E-state index contributed by atoms with van der Waals surface area (Å²) in [5.41, 5.74) is 0.817. The molecular weight excluding hydrogens is 311 g/mol. The second-order valence-corrected chi connectivity index (χ2v) is 4.78. The zero-order chi connectivity index (χ0) is 14.0. The molecule has 0 aliphatic rings. The van der Waals surface area contributed by atoms with E-state index in [9.17, 15) is 4.79 Å². The number of hydrogen-bond acceptors (Lipinski definition) is 4. The van der Waals surface area contributed by atoms with Gasteiger partial charge >= 0.3 is 0 Å². The van der Waals surface area contributed by atoms with Gasteiger partial charge in [0.2, 0.25) is 5.95 Å². The van der Waals surface area contributed by atoms with E-state index < -0.39 is 5.91 Å². The number of aryl methyl sites for hydroxylation is 1. The lowest BCUT2D eigenvalue weighted by Crippen LogP contribution is -2.15. The molecule has 0 saturated carbocycles. The Morgan fingerprint density at radius 1 is 1.16 bits per heavy atom. The van der Waals surface area contributed by atoms with Gasteiger partial charge in [0.25, 0.3) is 5.91 Å². The molecule has 0 unspecified atom stereocenters. The summed E-state index contributed by atoms with van der Waals surface area (Å²) in [6, 6.07) is 2.93. The van der Waals surface area contributed by atoms with Gasteiger partial charge < -0.3 is 0 Å². The predicted octanol–water partition coefficient (Wildman–Crippen LogP) is 3.39. The molecule has 0 saturated heterocycles. The summed E-state index contributed by atoms with van der Waals surface area (Å²) >= 11 is 17.4. The molecule has 0 aliphatic carbocycles. The van der Waals surface area contributed by atoms with Crippen LogP contribution in [0.2, 0.25) is 15.3 Å². The Labute approximate surface area is 123 Å². The molecule has 0 spiro atoms. The van der Waals surface area contributed by atoms with E-state index in [-0.39, 0.29) is 26.8 Å². The first-order valence-electron chi connectivity index (χ1n) is 5.09. The average molecular weight is 318 g/mol. The summed E-state index contributed by atoms with van der Waals surface area (Å²) in [4.78, 5) is 23.7. The molecule has 8 heteroatoms. The Morgan fingerprint density at radius 2 is 1.89 bits per heavy atom. The van der Waals surface area contributed by atoms with Crippen molar-refractivity contribution in [1.82, 2.24) is 15.0 Å². The highest BCUT2D eigenvalue weighted by atomic mass is 35.5. The summed E-state index contributed by atoms with van der Waals surface area (Å²) in [6.45, 7) is 1.74. The maximum Gasteiger partial charge on any atom is 0.259 e. The molecule has 5 nitrogen and oxygen atoms in total. The molecule has 0 aromatic carbocycles. The number of aromatic nitrogens is 3. The Balaban J connectivity index is 2.28. The summed E-state index contributed by atoms with van der Waals surface area (Å²) in [6.07, 6.45) is 1.29. The standard InChI is InChI=1S/C11H7Cl3N4O/c1-5-2-9(14)17-11(16-5)18-10(19)6-3-8(13)15-4-7(6)12/h2-4H,1H3,(H,16,17,18,19). The molecule has 0 bridgehead atoms. The van der Waals surface area contributed by atoms with E-state index in [0.29, 0.717) is 5.69 Å². The maximum atomic E-state index is 12.0. The van der Waals surface area contributed by atoms with Gasteiger partial charge in [-0.2, -0.15) is 0 Å². The highest BCUT2D eigenvalue weighted by Gasteiger charge is 2.13. The van der Waals surface area contributed by atoms with Gasteiger partial charge in [-0.3, -0.25) is 10.1 Å². The molecule has 2 heterocycles. The van der Waals surface area contributed by atoms with Gasteiger partial charge in [-0.1, -0.05) is 34.8 Å². The summed E-state index contributed by atoms with van der Waals surface area (Å²) < 4.78 is 0. The van der Waals surface area contributed by atoms with E-state index in [4.69, 9.17) is 34.8 Å². The van der Waals surface area contributed by atoms with Crippen LogP contribution in [0.1, 0.15) is 16.1 Å². The van der Waals surface area contributed by atoms with Gasteiger partial charge in [0.1, 0.15) is 10.3 Å². The lowest BCUT2D eigenvalue weighted by molar-refractivity contribution is 0.102. The van der Waals surface area contributed by atoms with Gasteiger partial charge in [-0.05, 0) is 19.1 Å². The topological polar surface area (TPSA) is 67.8 Å². The van der Waals surface area contributed by atoms with E-state index in [1.54, 1.807) is 13.0 Å². The summed E-state index contributed by atoms with van der Waals surface area (Å²) in [5, 5.41) is 3.07. The number of anilines is 1. The number of amides is 1. The Hall–Kier alpha value is -1.43. The van der Waals surface area contributed by atoms with Crippen LogP contribution < -0.4 is 5.32 Å². The molecule has 98 valence electrons. The van der Waals surface area contributed by atoms with E-state index in [0.717, 1.165) is 0 Å². The SMILES string of the molecule is Cc1cc(Cl)nc(NC(=O)c2cc(Cl)ncc2Cl)n1. The molecule has 2 aromatic rings. The molecule has 2 rings (SSSR count). The number of carbonyl (C=O) groups excluding carboxylic acids is 1. The number of halogens is 3. The van der Waals surface area contributed by atoms with Crippen LogP contribution in [0.15, 0.2) is 18.3 Å². The predicted molar refractivity (Wildman–Crippen MR) is 74.0 cm³/mol. The first kappa shape index (κ1) is 14.0. The van der Waals surface area contributed by atoms with Crippen LogP contribution in [0.5, 0.6) is 0 Å². The third-order valence-electron chi connectivity index (χ3n) is 2.11. The van der Waals surface area contributed by atoms with Gasteiger partial charge in [-0.25, -0.2) is 15.0 Å². The third kappa shape index (κ3) is 3.53. The van der Waals surface area contributed by atoms with E-state index in [2.05, 4.69) is 20.3 Å². The number of nitrogens with one attached hydrogen (secondary N) is 1. The minimum Gasteiger partial charge on any atom is -0.290 e. The Kier molecular flexibility index (Phi) is 4.19. The van der Waals surface area contributed by atoms with E-state index in [1.807, 2.05) is 0 Å². The zero-order valence-electron chi connectivity index (χ0n) is 9.62. The van der Waals surface area contributed by atoms with Gasteiger partial charge in [-0.15, -0.1) is 0 Å². The second-order valence-electron chi connectivity index (χ2n) is 3.60. The lowest BCUT2D eigenvalue weighted by Gasteiger charge is -2.06. The minimum atomic E-state index is -0.490. The van der Waals surface area contributed by atoms with Crippen molar-refractivity contribution in [2.24, 2.45) is 0 Å². The highest BCUT2D eigenvalue weighted by Crippen LogP contribution is 2.19. The first-order chi connectivity index (χ1) is 8.95. The fourth-order valence-electron chi connectivity index (χ4n) is 1.34. The van der Waals surface area contributed by atoms with Gasteiger partial charge in [0.05, 0.1) is 10.6 Å². The number of nitrogens with zero attached hydrogens (tertiary/aromatic N) is 3. The summed E-state index contributed by atoms with van der Waals surface area (Å²) in [7, 11) is 0. The van der Waals surface area contributed by atoms with Crippen molar-refractivity contribution in [3.8, 4) is 0 Å². The zero-order valence-corrected chi connectivity index (χ0v) is 11.9. The van der Waals surface area contributed by atoms with Gasteiger partial charge in [0, 0.05) is 11.9 Å². The van der Waals surface area contributed by atoms with Crippen molar-refractivity contribution >= 4 is 46.7 Å². The number of rotatable bonds is 2. The smallest absolute Gasteiger partial charge is 0.259 e. The molecule has 2 aromatic heterocycles. The number of hydrogen-bond donors (Lipinski definition) is 1. The monoisotopic (exact) mass is 316 g/mol. The van der Waals surface area contributed by atoms with E-state index in [1.165, 1.54) is 12.3 Å².